The minimum Gasteiger partial charge on any atom is -0.744 e. The molecule has 0 fully saturated rings. The first-order valence-corrected chi connectivity index (χ1v) is 30.5. The van der Waals surface area contributed by atoms with Crippen molar-refractivity contribution in [2.24, 2.45) is 0 Å². The molecule has 2 heterocycles. The summed E-state index contributed by atoms with van der Waals surface area (Å²) in [5.74, 6) is 0.200. The van der Waals surface area contributed by atoms with Crippen molar-refractivity contribution in [2.75, 3.05) is 90.4 Å². The Kier molecular flexibility index (Phi) is 23.5. The Morgan fingerprint density at radius 3 is 1.99 bits per heavy atom. The Morgan fingerprint density at radius 2 is 1.33 bits per heavy atom. The van der Waals surface area contributed by atoms with E-state index in [0.29, 0.717) is 71.3 Å². The van der Waals surface area contributed by atoms with Gasteiger partial charge in [-0.1, -0.05) is 98.7 Å². The number of hydrogen-bond donors (Lipinski definition) is 1. The average Bonchev–Trinajstić information content (AvgIpc) is 3.75. The molecule has 1 N–H and O–H groups in total. The van der Waals surface area contributed by atoms with Crippen molar-refractivity contribution < 1.29 is 49.7 Å². The topological polar surface area (TPSA) is 164 Å². The van der Waals surface area contributed by atoms with Crippen LogP contribution in [0.2, 0.25) is 0 Å². The predicted molar refractivity (Wildman–Crippen MR) is 310 cm³/mol. The number of fused-ring (bicyclic) bond motifs is 2. The Labute approximate surface area is 457 Å². The van der Waals surface area contributed by atoms with Crippen molar-refractivity contribution in [2.45, 2.75) is 89.4 Å². The van der Waals surface area contributed by atoms with Crippen LogP contribution in [0.5, 0.6) is 0 Å². The SMILES string of the molecule is C.COCCOCCCN1/C(=C/C=C/C=C/C=C/C2=[N+](CCOCCOC)c3ccc(-c4ccc(C)cc4)cc3C2(C)C)C(C)(CCCCCC(=O)NCCSS(C)(=O)=O)c2cc(-c3ccc(S(=O)(=O)[O-])cc3)ccc21. The molecule has 1 unspecified atom stereocenters. The number of amides is 1. The molecule has 0 aromatic heterocycles. The average molecular weight is 1100 g/mol. The second kappa shape index (κ2) is 29.0. The first-order chi connectivity index (χ1) is 35.9. The van der Waals surface area contributed by atoms with Crippen LogP contribution >= 0.6 is 10.8 Å². The number of carbonyl (C=O) groups is 1. The van der Waals surface area contributed by atoms with Crippen molar-refractivity contribution in [3.8, 4) is 22.3 Å². The highest BCUT2D eigenvalue weighted by atomic mass is 33.1. The quantitative estimate of drug-likeness (QED) is 0.0173. The van der Waals surface area contributed by atoms with Crippen molar-refractivity contribution in [1.82, 2.24) is 5.32 Å². The minimum absolute atomic E-state index is 0. The van der Waals surface area contributed by atoms with Crippen LogP contribution in [0.3, 0.4) is 0 Å². The molecule has 0 spiro atoms. The molecule has 6 rings (SSSR count). The number of aryl methyl sites for hydroxylation is 1. The van der Waals surface area contributed by atoms with Gasteiger partial charge in [-0.05, 0) is 128 Å². The van der Waals surface area contributed by atoms with Gasteiger partial charge in [-0.25, -0.2) is 16.8 Å². The maximum absolute atomic E-state index is 12.7. The number of allylic oxidation sites excluding steroid dienone is 8. The Hall–Kier alpha value is -5.17. The standard InChI is InChI=1S/C59H75N3O10S3.CH4/c1-45-20-22-46(23-21-45)48-26-30-53-51(43-48)58(2,3)55(62(53)35-37-72-41-39-70-6)17-12-9-8-10-13-18-56-59(4,32-15-11-14-19-57(63)60-33-42-73-74(7,64)65)52-44-49(47-24-28-50(29-25-47)75(66,67)68)27-31-54(52)61(56)34-16-36-71-40-38-69-5;/h8-10,12-13,17-18,20-31,43-44H,11,14-16,19,32-42H2,1-7H3,(H-,60,63,66,67,68);1H4. The van der Waals surface area contributed by atoms with E-state index in [1.54, 1.807) is 26.4 Å². The molecule has 0 saturated heterocycles. The maximum atomic E-state index is 12.7. The Bertz CT molecular complexity index is 2950. The van der Waals surface area contributed by atoms with Crippen LogP contribution in [0, 0.1) is 6.92 Å². The zero-order valence-electron chi connectivity index (χ0n) is 44.6. The van der Waals surface area contributed by atoms with Crippen molar-refractivity contribution >= 4 is 52.8 Å². The lowest BCUT2D eigenvalue weighted by molar-refractivity contribution is -0.442. The van der Waals surface area contributed by atoms with Crippen LogP contribution in [0.15, 0.2) is 138 Å². The normalized spacial score (nSPS) is 16.8. The molecule has 0 aliphatic carbocycles. The molecule has 1 atom stereocenters. The Morgan fingerprint density at radius 1 is 0.724 bits per heavy atom. The van der Waals surface area contributed by atoms with Crippen LogP contribution in [0.4, 0.5) is 11.4 Å². The van der Waals surface area contributed by atoms with E-state index < -0.39 is 24.4 Å². The van der Waals surface area contributed by atoms with Crippen LogP contribution < -0.4 is 10.2 Å². The summed E-state index contributed by atoms with van der Waals surface area (Å²) in [6, 6.07) is 27.8. The van der Waals surface area contributed by atoms with Crippen LogP contribution in [0.25, 0.3) is 22.3 Å². The van der Waals surface area contributed by atoms with Gasteiger partial charge < -0.3 is 33.7 Å². The molecule has 4 aromatic carbocycles. The molecule has 0 saturated carbocycles. The molecule has 2 aliphatic rings. The van der Waals surface area contributed by atoms with Gasteiger partial charge in [0.1, 0.15) is 16.7 Å². The fraction of sp³-hybridized carbons (Fsp3) is 0.433. The van der Waals surface area contributed by atoms with E-state index in [4.69, 9.17) is 18.9 Å². The van der Waals surface area contributed by atoms with Gasteiger partial charge in [-0.15, -0.1) is 0 Å². The van der Waals surface area contributed by atoms with Gasteiger partial charge in [0.2, 0.25) is 11.6 Å². The highest BCUT2D eigenvalue weighted by Gasteiger charge is 2.45. The van der Waals surface area contributed by atoms with Crippen LogP contribution in [0.1, 0.15) is 83.4 Å². The number of ether oxygens (including phenoxy) is 4. The molecule has 76 heavy (non-hydrogen) atoms. The largest absolute Gasteiger partial charge is 0.744 e. The molecular weight excluding hydrogens is 1020 g/mol. The third-order valence-electron chi connectivity index (χ3n) is 13.7. The van der Waals surface area contributed by atoms with E-state index in [-0.39, 0.29) is 30.2 Å². The van der Waals surface area contributed by atoms with Crippen LogP contribution in [-0.2, 0) is 53.6 Å². The summed E-state index contributed by atoms with van der Waals surface area (Å²) in [5.41, 5.74) is 11.5. The maximum Gasteiger partial charge on any atom is 0.220 e. The number of rotatable bonds is 30. The molecular formula is C60H79N3O10S3. The second-order valence-corrected chi connectivity index (χ2v) is 25.6. The summed E-state index contributed by atoms with van der Waals surface area (Å²) >= 11 is 0. The van der Waals surface area contributed by atoms with Gasteiger partial charge in [-0.2, -0.15) is 4.58 Å². The number of nitrogens with one attached hydrogen (secondary N) is 1. The highest BCUT2D eigenvalue weighted by Crippen LogP contribution is 2.52. The summed E-state index contributed by atoms with van der Waals surface area (Å²) in [4.78, 5) is 14.8. The molecule has 0 radical (unpaired) electrons. The molecule has 1 amide bonds. The summed E-state index contributed by atoms with van der Waals surface area (Å²) in [7, 11) is -3.62. The lowest BCUT2D eigenvalue weighted by atomic mass is 9.76. The van der Waals surface area contributed by atoms with E-state index in [9.17, 15) is 26.2 Å². The second-order valence-electron chi connectivity index (χ2n) is 19.6. The van der Waals surface area contributed by atoms with E-state index in [1.807, 2.05) is 18.2 Å². The monoisotopic (exact) mass is 1100 g/mol. The molecule has 4 aromatic rings. The number of anilines is 1. The van der Waals surface area contributed by atoms with Gasteiger partial charge >= 0.3 is 0 Å². The van der Waals surface area contributed by atoms with Crippen molar-refractivity contribution in [3.63, 3.8) is 0 Å². The van der Waals surface area contributed by atoms with Crippen molar-refractivity contribution in [3.05, 3.63) is 150 Å². The first-order valence-electron chi connectivity index (χ1n) is 25.7. The van der Waals surface area contributed by atoms with E-state index in [1.165, 1.54) is 45.8 Å². The number of nitrogens with zero attached hydrogens (tertiary/aromatic N) is 2. The number of benzene rings is 4. The molecule has 13 nitrogen and oxygen atoms in total. The van der Waals surface area contributed by atoms with E-state index in [0.717, 1.165) is 70.8 Å². The Balaban J connectivity index is 0.0000107. The van der Waals surface area contributed by atoms with E-state index >= 15 is 0 Å². The highest BCUT2D eigenvalue weighted by molar-refractivity contribution is 8.71. The first kappa shape index (κ1) is 61.7. The third-order valence-corrected chi connectivity index (χ3v) is 17.2. The number of hydrogen-bond acceptors (Lipinski definition) is 12. The number of unbranched alkanes of at least 4 members (excludes halogenated alkanes) is 2. The fourth-order valence-electron chi connectivity index (χ4n) is 9.76. The summed E-state index contributed by atoms with van der Waals surface area (Å²) in [6.07, 6.45) is 20.1. The fourth-order valence-corrected chi connectivity index (χ4v) is 11.9. The van der Waals surface area contributed by atoms with Crippen LogP contribution in [-0.4, -0.2) is 123 Å². The summed E-state index contributed by atoms with van der Waals surface area (Å²) in [6.45, 7) is 13.8. The molecule has 0 bridgehead atoms. The number of carbonyl (C=O) groups excluding carboxylic acids is 1. The zero-order valence-corrected chi connectivity index (χ0v) is 47.1. The zero-order chi connectivity index (χ0) is 54.1. The predicted octanol–water partition coefficient (Wildman–Crippen LogP) is 11.1. The summed E-state index contributed by atoms with van der Waals surface area (Å²) < 4.78 is 83.0. The van der Waals surface area contributed by atoms with Gasteiger partial charge in [0.25, 0.3) is 0 Å². The molecule has 412 valence electrons. The third kappa shape index (κ3) is 16.9. The van der Waals surface area contributed by atoms with Gasteiger partial charge in [0.05, 0.1) is 36.7 Å². The molecule has 16 heteroatoms. The summed E-state index contributed by atoms with van der Waals surface area (Å²) in [5, 5.41) is 2.84. The smallest absolute Gasteiger partial charge is 0.220 e. The lowest BCUT2D eigenvalue weighted by Gasteiger charge is -2.30. The molecule has 2 aliphatic heterocycles. The van der Waals surface area contributed by atoms with E-state index in [2.05, 4.69) is 127 Å². The van der Waals surface area contributed by atoms with Gasteiger partial charge in [0, 0.05) is 86.9 Å². The van der Waals surface area contributed by atoms with Crippen molar-refractivity contribution in [1.29, 1.82) is 0 Å². The van der Waals surface area contributed by atoms with Gasteiger partial charge in [0.15, 0.2) is 21.1 Å². The van der Waals surface area contributed by atoms with Gasteiger partial charge in [-0.3, -0.25) is 4.79 Å². The minimum atomic E-state index is -4.60. The lowest BCUT2D eigenvalue weighted by Crippen LogP contribution is -2.30. The number of methoxy groups -OCH3 is 2.